The van der Waals surface area contributed by atoms with Crippen LogP contribution in [0.2, 0.25) is 0 Å². The van der Waals surface area contributed by atoms with Crippen molar-refractivity contribution in [2.75, 3.05) is 18.7 Å². The number of aliphatic hydroxyl groups is 1. The van der Waals surface area contributed by atoms with Crippen LogP contribution >= 0.6 is 0 Å². The molecule has 0 saturated heterocycles. The Balaban J connectivity index is 2.18. The van der Waals surface area contributed by atoms with Gasteiger partial charge in [-0.05, 0) is 12.0 Å². The van der Waals surface area contributed by atoms with Gasteiger partial charge in [-0.2, -0.15) is 0 Å². The Bertz CT molecular complexity index is 834. The summed E-state index contributed by atoms with van der Waals surface area (Å²) in [6.45, 7) is 2.09. The fraction of sp³-hybridized carbons (Fsp3) is 0.333. The molecule has 2 unspecified atom stereocenters. The van der Waals surface area contributed by atoms with Crippen molar-refractivity contribution < 1.29 is 15.0 Å². The minimum atomic E-state index is -0.696. The smallest absolute Gasteiger partial charge is 0.277 e. The number of carbonyl (C=O) groups is 1. The van der Waals surface area contributed by atoms with Gasteiger partial charge in [-0.1, -0.05) is 37.3 Å². The number of aliphatic hydroxyl groups excluding tert-OH is 1. The van der Waals surface area contributed by atoms with Crippen LogP contribution < -0.4 is 10.4 Å². The van der Waals surface area contributed by atoms with Crippen LogP contribution in [0.1, 0.15) is 35.4 Å². The summed E-state index contributed by atoms with van der Waals surface area (Å²) in [5.41, 5.74) is 0.177. The molecule has 0 radical (unpaired) electrons. The molecule has 2 heterocycles. The standard InChI is InChI=1S/C18H21N3O4/c1-3-13(22)15(12-7-5-4-6-8-12)21-11-19(2)18(25)16-17(24)14(23)9-10-20(16)21/h4-10,13,15,22,24H,3,11H2,1-2H3. The molecule has 3 rings (SSSR count). The lowest BCUT2D eigenvalue weighted by molar-refractivity contribution is 0.0662. The number of aromatic nitrogens is 1. The average Bonchev–Trinajstić information content (AvgIpc) is 2.62. The van der Waals surface area contributed by atoms with Gasteiger partial charge < -0.3 is 15.1 Å². The van der Waals surface area contributed by atoms with E-state index in [-0.39, 0.29) is 12.4 Å². The number of benzene rings is 1. The summed E-state index contributed by atoms with van der Waals surface area (Å²) >= 11 is 0. The van der Waals surface area contributed by atoms with Gasteiger partial charge in [0.25, 0.3) is 5.91 Å². The first kappa shape index (κ1) is 17.0. The molecule has 25 heavy (non-hydrogen) atoms. The van der Waals surface area contributed by atoms with E-state index < -0.39 is 29.2 Å². The molecule has 7 heteroatoms. The van der Waals surface area contributed by atoms with Crippen molar-refractivity contribution in [3.05, 3.63) is 64.1 Å². The number of rotatable bonds is 4. The maximum absolute atomic E-state index is 12.5. The van der Waals surface area contributed by atoms with Crippen LogP contribution in [0, 0.1) is 0 Å². The fourth-order valence-electron chi connectivity index (χ4n) is 3.15. The number of amides is 1. The summed E-state index contributed by atoms with van der Waals surface area (Å²) in [5, 5.41) is 22.5. The quantitative estimate of drug-likeness (QED) is 0.867. The van der Waals surface area contributed by atoms with Crippen LogP contribution in [-0.4, -0.2) is 45.5 Å². The molecular weight excluding hydrogens is 322 g/mol. The number of fused-ring (bicyclic) bond motifs is 1. The van der Waals surface area contributed by atoms with E-state index in [4.69, 9.17) is 0 Å². The zero-order chi connectivity index (χ0) is 18.1. The van der Waals surface area contributed by atoms with Crippen LogP contribution in [0.15, 0.2) is 47.4 Å². The maximum Gasteiger partial charge on any atom is 0.277 e. The summed E-state index contributed by atoms with van der Waals surface area (Å²) in [6, 6.07) is 10.2. The lowest BCUT2D eigenvalue weighted by atomic mass is 9.99. The molecule has 1 aliphatic rings. The Morgan fingerprint density at radius 2 is 1.84 bits per heavy atom. The van der Waals surface area contributed by atoms with Crippen LogP contribution in [0.5, 0.6) is 5.75 Å². The summed E-state index contributed by atoms with van der Waals surface area (Å²) in [6.07, 6.45) is 1.27. The molecule has 132 valence electrons. The topological polar surface area (TPSA) is 86.0 Å². The van der Waals surface area contributed by atoms with E-state index in [1.54, 1.807) is 12.1 Å². The molecule has 0 aliphatic carbocycles. The normalized spacial score (nSPS) is 16.5. The zero-order valence-corrected chi connectivity index (χ0v) is 14.2. The highest BCUT2D eigenvalue weighted by Gasteiger charge is 2.36. The maximum atomic E-state index is 12.5. The van der Waals surface area contributed by atoms with E-state index in [0.29, 0.717) is 6.42 Å². The van der Waals surface area contributed by atoms with Gasteiger partial charge in [0.05, 0.1) is 12.1 Å². The van der Waals surface area contributed by atoms with Gasteiger partial charge in [0.2, 0.25) is 5.43 Å². The highest BCUT2D eigenvalue weighted by Crippen LogP contribution is 2.29. The second-order valence-corrected chi connectivity index (χ2v) is 6.14. The van der Waals surface area contributed by atoms with Crippen molar-refractivity contribution in [1.82, 2.24) is 9.58 Å². The second kappa shape index (κ2) is 6.60. The summed E-state index contributed by atoms with van der Waals surface area (Å²) in [7, 11) is 1.59. The molecule has 2 N–H and O–H groups in total. The molecule has 2 aromatic rings. The largest absolute Gasteiger partial charge is 0.502 e. The van der Waals surface area contributed by atoms with E-state index in [1.165, 1.54) is 21.8 Å². The van der Waals surface area contributed by atoms with Gasteiger partial charge in [0.15, 0.2) is 11.4 Å². The van der Waals surface area contributed by atoms with Crippen molar-refractivity contribution in [2.45, 2.75) is 25.5 Å². The van der Waals surface area contributed by atoms with E-state index in [1.807, 2.05) is 37.3 Å². The molecule has 7 nitrogen and oxygen atoms in total. The van der Waals surface area contributed by atoms with Gasteiger partial charge in [0, 0.05) is 19.3 Å². The van der Waals surface area contributed by atoms with E-state index in [9.17, 15) is 19.8 Å². The highest BCUT2D eigenvalue weighted by atomic mass is 16.3. The van der Waals surface area contributed by atoms with Crippen LogP contribution in [0.3, 0.4) is 0 Å². The average molecular weight is 343 g/mol. The van der Waals surface area contributed by atoms with Crippen LogP contribution in [0.25, 0.3) is 0 Å². The van der Waals surface area contributed by atoms with Gasteiger partial charge in [-0.15, -0.1) is 0 Å². The summed E-state index contributed by atoms with van der Waals surface area (Å²) in [5.74, 6) is -1.02. The van der Waals surface area contributed by atoms with Crippen molar-refractivity contribution in [1.29, 1.82) is 0 Å². The van der Waals surface area contributed by atoms with E-state index in [0.717, 1.165) is 5.56 Å². The van der Waals surface area contributed by atoms with E-state index >= 15 is 0 Å². The number of hydrogen-bond donors (Lipinski definition) is 2. The third kappa shape index (κ3) is 2.87. The fourth-order valence-corrected chi connectivity index (χ4v) is 3.15. The second-order valence-electron chi connectivity index (χ2n) is 6.14. The lowest BCUT2D eigenvalue weighted by Gasteiger charge is -2.44. The van der Waals surface area contributed by atoms with Crippen molar-refractivity contribution in [3.63, 3.8) is 0 Å². The van der Waals surface area contributed by atoms with Gasteiger partial charge in [0.1, 0.15) is 6.67 Å². The Morgan fingerprint density at radius 1 is 1.16 bits per heavy atom. The van der Waals surface area contributed by atoms with Crippen molar-refractivity contribution in [3.8, 4) is 5.75 Å². The Kier molecular flexibility index (Phi) is 4.50. The minimum absolute atomic E-state index is 0.0921. The Morgan fingerprint density at radius 3 is 2.48 bits per heavy atom. The monoisotopic (exact) mass is 343 g/mol. The van der Waals surface area contributed by atoms with Crippen LogP contribution in [-0.2, 0) is 0 Å². The third-order valence-electron chi connectivity index (χ3n) is 4.48. The molecule has 0 saturated carbocycles. The van der Waals surface area contributed by atoms with Gasteiger partial charge >= 0.3 is 0 Å². The molecule has 0 spiro atoms. The molecule has 0 fully saturated rings. The van der Waals surface area contributed by atoms with Crippen LogP contribution in [0.4, 0.5) is 0 Å². The van der Waals surface area contributed by atoms with E-state index in [2.05, 4.69) is 0 Å². The summed E-state index contributed by atoms with van der Waals surface area (Å²) < 4.78 is 1.47. The first-order valence-corrected chi connectivity index (χ1v) is 8.15. The SMILES string of the molecule is CCC(O)C(c1ccccc1)N1CN(C)C(=O)c2c(O)c(=O)ccn21. The molecule has 1 aliphatic heterocycles. The summed E-state index contributed by atoms with van der Waals surface area (Å²) in [4.78, 5) is 25.6. The molecule has 2 atom stereocenters. The van der Waals surface area contributed by atoms with Gasteiger partial charge in [-0.3, -0.25) is 19.3 Å². The number of aromatic hydroxyl groups is 1. The van der Waals surface area contributed by atoms with Crippen molar-refractivity contribution >= 4 is 5.91 Å². The predicted molar refractivity (Wildman–Crippen MR) is 93.0 cm³/mol. The first-order chi connectivity index (χ1) is 12.0. The zero-order valence-electron chi connectivity index (χ0n) is 14.2. The number of pyridine rings is 1. The molecule has 0 bridgehead atoms. The van der Waals surface area contributed by atoms with Crippen molar-refractivity contribution in [2.24, 2.45) is 0 Å². The Hall–Kier alpha value is -2.80. The number of nitrogens with zero attached hydrogens (tertiary/aromatic N) is 3. The number of hydrogen-bond acceptors (Lipinski definition) is 5. The lowest BCUT2D eigenvalue weighted by Crippen LogP contribution is -2.56. The minimum Gasteiger partial charge on any atom is -0.502 e. The molecular formula is C18H21N3O4. The van der Waals surface area contributed by atoms with Gasteiger partial charge in [-0.25, -0.2) is 0 Å². The number of carbonyl (C=O) groups excluding carboxylic acids is 1. The third-order valence-corrected chi connectivity index (χ3v) is 4.48. The molecule has 1 amide bonds. The Labute approximate surface area is 145 Å². The molecule has 1 aromatic heterocycles. The predicted octanol–water partition coefficient (Wildman–Crippen LogP) is 1.05. The highest BCUT2D eigenvalue weighted by molar-refractivity contribution is 5.95. The molecule has 1 aromatic carbocycles. The first-order valence-electron chi connectivity index (χ1n) is 8.15.